The van der Waals surface area contributed by atoms with Crippen LogP contribution in [-0.4, -0.2) is 81.0 Å². The first-order valence-corrected chi connectivity index (χ1v) is 17.5. The molecular formula is C36H54N2O10. The number of amides is 2. The van der Waals surface area contributed by atoms with E-state index in [1.807, 2.05) is 13.8 Å². The molecule has 0 aromatic carbocycles. The number of esters is 1. The van der Waals surface area contributed by atoms with Crippen molar-refractivity contribution in [2.24, 2.45) is 40.4 Å². The Morgan fingerprint density at radius 3 is 2.31 bits per heavy atom. The first-order chi connectivity index (χ1) is 22.4. The number of aliphatic carboxylic acids is 1. The molecule has 0 aliphatic heterocycles. The SMILES string of the molecule is CC[C@H](C)[C@H](NC(=O)[C@H](NC(=O)CCC(=O)OCC(=O)[C@@]1(O)CC[C@@H]2[C@@H]3CCC4=CC(=O)CC[C@]4(C)[C@H]3[C@@H](O)C[C@@]21C)C(C)C)C(=O)O. The Kier molecular flexibility index (Phi) is 11.3. The standard InChI is InChI=1S/C36H54N2O10/c1-7-20(4)31(33(45)46)38-32(44)30(19(2)3)37-27(42)10-11-28(43)48-18-26(41)36(47)15-13-24-23-9-8-21-16-22(39)12-14-34(21,5)29(23)25(40)17-35(24,36)6/h16,19-20,23-25,29-31,40,47H,7-15,17-18H2,1-6H3,(H,37,42)(H,38,44)(H,45,46)/t20-,23-,24+,25-,29+,30+,31-,34-,35-,36-/m0/s1. The summed E-state index contributed by atoms with van der Waals surface area (Å²) in [5.74, 6) is -4.42. The van der Waals surface area contributed by atoms with Crippen LogP contribution in [0.15, 0.2) is 11.6 Å². The number of rotatable bonds is 13. The number of ether oxygens (including phenoxy) is 1. The molecule has 0 radical (unpaired) electrons. The zero-order valence-electron chi connectivity index (χ0n) is 29.2. The van der Waals surface area contributed by atoms with E-state index >= 15 is 0 Å². The van der Waals surface area contributed by atoms with Crippen LogP contribution in [0, 0.1) is 40.4 Å². The molecule has 3 saturated carbocycles. The number of hydrogen-bond acceptors (Lipinski definition) is 9. The van der Waals surface area contributed by atoms with Gasteiger partial charge in [0.05, 0.1) is 12.5 Å². The average molecular weight is 675 g/mol. The Morgan fingerprint density at radius 2 is 1.69 bits per heavy atom. The van der Waals surface area contributed by atoms with Crippen LogP contribution in [0.25, 0.3) is 0 Å². The number of carbonyl (C=O) groups excluding carboxylic acids is 5. The van der Waals surface area contributed by atoms with E-state index in [0.717, 1.165) is 18.4 Å². The molecule has 4 aliphatic carbocycles. The number of allylic oxidation sites excluding steroid dienone is 1. The van der Waals surface area contributed by atoms with Gasteiger partial charge in [-0.2, -0.15) is 0 Å². The Balaban J connectivity index is 1.32. The minimum atomic E-state index is -1.79. The molecule has 12 heteroatoms. The number of Topliss-reactive ketones (excluding diaryl/α,β-unsaturated/α-hetero) is 1. The summed E-state index contributed by atoms with van der Waals surface area (Å²) in [5, 5.41) is 38.0. The van der Waals surface area contributed by atoms with E-state index in [1.54, 1.807) is 26.8 Å². The summed E-state index contributed by atoms with van der Waals surface area (Å²) in [6.45, 7) is 10.3. The quantitative estimate of drug-likeness (QED) is 0.181. The highest BCUT2D eigenvalue weighted by Gasteiger charge is 2.68. The number of aliphatic hydroxyl groups is 2. The Hall–Kier alpha value is -3.12. The van der Waals surface area contributed by atoms with Gasteiger partial charge in [0.25, 0.3) is 0 Å². The van der Waals surface area contributed by atoms with Crippen LogP contribution in [0.2, 0.25) is 0 Å². The molecule has 5 N–H and O–H groups in total. The van der Waals surface area contributed by atoms with Crippen LogP contribution >= 0.6 is 0 Å². The lowest BCUT2D eigenvalue weighted by Gasteiger charge is -2.60. The van der Waals surface area contributed by atoms with E-state index in [-0.39, 0.29) is 66.5 Å². The molecule has 0 unspecified atom stereocenters. The molecule has 0 spiro atoms. The molecular weight excluding hydrogens is 620 g/mol. The second-order valence-electron chi connectivity index (χ2n) is 15.6. The van der Waals surface area contributed by atoms with Crippen LogP contribution in [0.4, 0.5) is 0 Å². The number of carbonyl (C=O) groups is 6. The van der Waals surface area contributed by atoms with Crippen molar-refractivity contribution in [2.45, 2.75) is 130 Å². The highest BCUT2D eigenvalue weighted by atomic mass is 16.5. The third-order valence-corrected chi connectivity index (χ3v) is 12.5. The van der Waals surface area contributed by atoms with Crippen molar-refractivity contribution in [1.82, 2.24) is 10.6 Å². The lowest BCUT2D eigenvalue weighted by atomic mass is 9.45. The fraction of sp³-hybridized carbons (Fsp3) is 0.778. The second kappa shape index (κ2) is 14.4. The molecule has 0 bridgehead atoms. The van der Waals surface area contributed by atoms with Crippen molar-refractivity contribution in [3.63, 3.8) is 0 Å². The van der Waals surface area contributed by atoms with Crippen LogP contribution in [0.1, 0.15) is 106 Å². The van der Waals surface area contributed by atoms with Gasteiger partial charge in [0.1, 0.15) is 17.7 Å². The first kappa shape index (κ1) is 37.7. The molecule has 4 rings (SSSR count). The van der Waals surface area contributed by atoms with E-state index in [9.17, 15) is 44.1 Å². The first-order valence-electron chi connectivity index (χ1n) is 17.5. The fourth-order valence-corrected chi connectivity index (χ4v) is 9.41. The van der Waals surface area contributed by atoms with E-state index in [4.69, 9.17) is 4.74 Å². The largest absolute Gasteiger partial charge is 0.480 e. The number of fused-ring (bicyclic) bond motifs is 5. The molecule has 2 amide bonds. The topological polar surface area (TPSA) is 196 Å². The lowest BCUT2D eigenvalue weighted by Crippen LogP contribution is -2.62. The number of aliphatic hydroxyl groups excluding tert-OH is 1. The molecule has 10 atom stereocenters. The van der Waals surface area contributed by atoms with Crippen LogP contribution in [-0.2, 0) is 33.5 Å². The van der Waals surface area contributed by atoms with Crippen molar-refractivity contribution in [1.29, 1.82) is 0 Å². The van der Waals surface area contributed by atoms with Gasteiger partial charge in [0.2, 0.25) is 17.6 Å². The maximum atomic E-state index is 13.5. The molecule has 4 aliphatic rings. The average Bonchev–Trinajstić information content (AvgIpc) is 3.29. The minimum Gasteiger partial charge on any atom is -0.480 e. The number of nitrogens with one attached hydrogen (secondary N) is 2. The fourth-order valence-electron chi connectivity index (χ4n) is 9.41. The Labute approximate surface area is 282 Å². The molecule has 0 aromatic heterocycles. The molecule has 268 valence electrons. The number of hydrogen-bond donors (Lipinski definition) is 5. The van der Waals surface area contributed by atoms with Gasteiger partial charge in [-0.15, -0.1) is 0 Å². The van der Waals surface area contributed by atoms with Crippen molar-refractivity contribution in [3.05, 3.63) is 11.6 Å². The van der Waals surface area contributed by atoms with Crippen molar-refractivity contribution < 1.29 is 48.8 Å². The molecule has 0 aromatic rings. The number of carboxylic acids is 1. The summed E-state index contributed by atoms with van der Waals surface area (Å²) in [7, 11) is 0. The molecule has 48 heavy (non-hydrogen) atoms. The maximum Gasteiger partial charge on any atom is 0.326 e. The van der Waals surface area contributed by atoms with Gasteiger partial charge < -0.3 is 30.7 Å². The molecule has 0 heterocycles. The summed E-state index contributed by atoms with van der Waals surface area (Å²) in [5.41, 5.74) is -1.90. The van der Waals surface area contributed by atoms with Crippen LogP contribution < -0.4 is 10.6 Å². The van der Waals surface area contributed by atoms with Crippen molar-refractivity contribution in [3.8, 4) is 0 Å². The monoisotopic (exact) mass is 674 g/mol. The Morgan fingerprint density at radius 1 is 1.00 bits per heavy atom. The highest BCUT2D eigenvalue weighted by molar-refractivity contribution is 5.93. The van der Waals surface area contributed by atoms with Gasteiger partial charge in [-0.25, -0.2) is 4.79 Å². The maximum absolute atomic E-state index is 13.5. The molecule has 0 saturated heterocycles. The zero-order chi connectivity index (χ0) is 35.8. The molecule has 12 nitrogen and oxygen atoms in total. The van der Waals surface area contributed by atoms with Gasteiger partial charge in [0.15, 0.2) is 12.4 Å². The van der Waals surface area contributed by atoms with E-state index in [0.29, 0.717) is 25.7 Å². The van der Waals surface area contributed by atoms with Crippen molar-refractivity contribution in [2.75, 3.05) is 6.61 Å². The summed E-state index contributed by atoms with van der Waals surface area (Å²) in [6.07, 6.45) is 4.52. The van der Waals surface area contributed by atoms with E-state index in [2.05, 4.69) is 17.6 Å². The molecule has 3 fully saturated rings. The van der Waals surface area contributed by atoms with Gasteiger partial charge in [-0.1, -0.05) is 53.5 Å². The zero-order valence-corrected chi connectivity index (χ0v) is 29.2. The van der Waals surface area contributed by atoms with Gasteiger partial charge in [-0.3, -0.25) is 24.0 Å². The summed E-state index contributed by atoms with van der Waals surface area (Å²) < 4.78 is 5.23. The smallest absolute Gasteiger partial charge is 0.326 e. The van der Waals surface area contributed by atoms with E-state index in [1.165, 1.54) is 0 Å². The summed E-state index contributed by atoms with van der Waals surface area (Å²) in [6, 6.07) is -2.13. The third kappa shape index (κ3) is 6.97. The highest BCUT2D eigenvalue weighted by Crippen LogP contribution is 2.67. The van der Waals surface area contributed by atoms with Crippen LogP contribution in [0.3, 0.4) is 0 Å². The van der Waals surface area contributed by atoms with Crippen LogP contribution in [0.5, 0.6) is 0 Å². The third-order valence-electron chi connectivity index (χ3n) is 12.5. The Bertz CT molecular complexity index is 1340. The van der Waals surface area contributed by atoms with Crippen molar-refractivity contribution >= 4 is 35.3 Å². The van der Waals surface area contributed by atoms with E-state index < -0.39 is 65.3 Å². The number of carboxylic acid groups (broad SMARTS) is 1. The second-order valence-corrected chi connectivity index (χ2v) is 15.6. The summed E-state index contributed by atoms with van der Waals surface area (Å²) >= 11 is 0. The normalized spacial score (nSPS) is 34.4. The number of ketones is 2. The predicted octanol–water partition coefficient (Wildman–Crippen LogP) is 2.87. The van der Waals surface area contributed by atoms with Gasteiger partial charge in [0, 0.05) is 18.3 Å². The summed E-state index contributed by atoms with van der Waals surface area (Å²) in [4.78, 5) is 75.5. The minimum absolute atomic E-state index is 0.0164. The van der Waals surface area contributed by atoms with Gasteiger partial charge >= 0.3 is 11.9 Å². The predicted molar refractivity (Wildman–Crippen MR) is 174 cm³/mol. The van der Waals surface area contributed by atoms with Gasteiger partial charge in [-0.05, 0) is 79.6 Å². The lowest BCUT2D eigenvalue weighted by molar-refractivity contribution is -0.184.